The van der Waals surface area contributed by atoms with Gasteiger partial charge in [-0.25, -0.2) is 9.78 Å². The van der Waals surface area contributed by atoms with Crippen LogP contribution in [0.1, 0.15) is 63.2 Å². The SMILES string of the molecule is CC(=O)C=C(C)O.CC(=[OH+])C=C(C)O.CC(=[OH+])C=C(C)O.Cc1cc(-c2cc3c(ccc4ccccc43)cn2)[c-]cc1F.Cc1cc(-c2cc3c(ccc4ccccc43)cn2)[c-]cc1F.Fc1c[c-]c(-c2cc3c(ccc4ccccc43)cn2)cc1.O=C(O)c1ccccn1.[Ir].[Ir].[Ir].[Ir].[c-]1cc2ccccc2cc1-c1cc2c(ccc3ccccc32)cn1. The minimum absolute atomic E-state index is 0. The molecule has 6 N–H and O–H groups in total. The van der Waals surface area contributed by atoms with Crippen molar-refractivity contribution in [2.75, 3.05) is 0 Å². The van der Waals surface area contributed by atoms with E-state index in [0.717, 1.165) is 77.3 Å². The Labute approximate surface area is 764 Å². The summed E-state index contributed by atoms with van der Waals surface area (Å²) in [4.78, 5) is 58.7. The molecule has 626 valence electrons. The molecule has 0 amide bonds. The van der Waals surface area contributed by atoms with E-state index in [1.54, 1.807) is 44.2 Å². The second-order valence-corrected chi connectivity index (χ2v) is 27.7. The molecule has 123 heavy (non-hydrogen) atoms. The summed E-state index contributed by atoms with van der Waals surface area (Å²) in [6.45, 7) is 12.4. The third-order valence-electron chi connectivity index (χ3n) is 18.4. The molecule has 0 spiro atoms. The van der Waals surface area contributed by atoms with Crippen molar-refractivity contribution >= 4 is 120 Å². The number of carbonyl (C=O) groups excluding carboxylic acids is 3. The van der Waals surface area contributed by atoms with Gasteiger partial charge in [-0.1, -0.05) is 231 Å². The molecule has 0 fully saturated rings. The molecular weight excluding hydrogens is 2260 g/mol. The zero-order chi connectivity index (χ0) is 84.7. The molecule has 0 saturated heterocycles. The van der Waals surface area contributed by atoms with Crippen molar-refractivity contribution in [1.29, 1.82) is 0 Å². The van der Waals surface area contributed by atoms with E-state index in [0.29, 0.717) is 11.1 Å². The summed E-state index contributed by atoms with van der Waals surface area (Å²) < 4.78 is 39.9. The van der Waals surface area contributed by atoms with Gasteiger partial charge in [-0.05, 0) is 149 Å². The fourth-order valence-electron chi connectivity index (χ4n) is 12.9. The number of hydrogen-bond donors (Lipinski definition) is 4. The Kier molecular flexibility index (Phi) is 37.3. The monoisotopic (exact) mass is 2350 g/mol. The first-order chi connectivity index (χ1) is 57.3. The first kappa shape index (κ1) is 97.6. The maximum atomic E-state index is 13.4. The van der Waals surface area contributed by atoms with Crippen LogP contribution in [0.15, 0.2) is 333 Å². The largest absolute Gasteiger partial charge is 0.512 e. The molecule has 18 rings (SSSR count). The van der Waals surface area contributed by atoms with E-state index < -0.39 is 5.97 Å². The van der Waals surface area contributed by atoms with E-state index in [2.05, 4.69) is 207 Å². The van der Waals surface area contributed by atoms with E-state index in [4.69, 9.17) is 30.0 Å². The van der Waals surface area contributed by atoms with E-state index in [1.165, 1.54) is 161 Å². The first-order valence-electron chi connectivity index (χ1n) is 37.7. The molecule has 13 nitrogen and oxygen atoms in total. The molecule has 0 bridgehead atoms. The van der Waals surface area contributed by atoms with E-state index in [1.807, 2.05) is 73.3 Å². The van der Waals surface area contributed by atoms with Crippen LogP contribution >= 0.6 is 0 Å². The summed E-state index contributed by atoms with van der Waals surface area (Å²) >= 11 is 0. The molecule has 13 aromatic carbocycles. The van der Waals surface area contributed by atoms with E-state index >= 15 is 0 Å². The third kappa shape index (κ3) is 27.2. The number of aromatic carboxylic acids is 1. The second-order valence-electron chi connectivity index (χ2n) is 27.7. The number of allylic oxidation sites excluding steroid dienone is 6. The zero-order valence-corrected chi connectivity index (χ0v) is 77.3. The number of halogens is 3. The van der Waals surface area contributed by atoms with Gasteiger partial charge in [0.25, 0.3) is 0 Å². The van der Waals surface area contributed by atoms with Crippen molar-refractivity contribution in [3.05, 3.63) is 392 Å². The Morgan fingerprint density at radius 1 is 0.317 bits per heavy atom. The second kappa shape index (κ2) is 47.0. The van der Waals surface area contributed by atoms with Gasteiger partial charge < -0.3 is 40.4 Å². The third-order valence-corrected chi connectivity index (χ3v) is 18.4. The zero-order valence-electron chi connectivity index (χ0n) is 67.7. The molecule has 5 heterocycles. The molecule has 18 aromatic rings. The van der Waals surface area contributed by atoms with Gasteiger partial charge >= 0.3 is 17.5 Å². The van der Waals surface area contributed by atoms with Crippen LogP contribution in [-0.4, -0.2) is 78.3 Å². The predicted octanol–water partition coefficient (Wildman–Crippen LogP) is 25.4. The number of fused-ring (bicyclic) bond motifs is 13. The normalized spacial score (nSPS) is 10.7. The fourth-order valence-corrected chi connectivity index (χ4v) is 12.9. The molecule has 20 heteroatoms. The van der Waals surface area contributed by atoms with Crippen LogP contribution in [-0.2, 0) is 85.2 Å². The van der Waals surface area contributed by atoms with E-state index in [9.17, 15) is 22.8 Å². The average molecular weight is 2340 g/mol. The predicted molar refractivity (Wildman–Crippen MR) is 477 cm³/mol. The topological polar surface area (TPSA) is 222 Å². The molecule has 0 aliphatic carbocycles. The minimum Gasteiger partial charge on any atom is -0.512 e. The molecule has 4 radical (unpaired) electrons. The van der Waals surface area contributed by atoms with Crippen LogP contribution in [0.3, 0.4) is 0 Å². The minimum atomic E-state index is -0.990. The Morgan fingerprint density at radius 2 is 0.626 bits per heavy atom. The van der Waals surface area contributed by atoms with Crippen molar-refractivity contribution in [2.45, 2.75) is 55.4 Å². The number of aliphatic hydroxyl groups excluding tert-OH is 3. The van der Waals surface area contributed by atoms with Gasteiger partial charge in [0.05, 0.1) is 43.3 Å². The van der Waals surface area contributed by atoms with Crippen LogP contribution in [0.4, 0.5) is 13.2 Å². The molecular formula is C103H82F3Ir4N5O8-2. The molecule has 0 atom stereocenters. The van der Waals surface area contributed by atoms with Gasteiger partial charge in [-0.2, -0.15) is 0 Å². The molecule has 0 aliphatic heterocycles. The maximum absolute atomic E-state index is 13.4. The van der Waals surface area contributed by atoms with Gasteiger partial charge in [0, 0.05) is 135 Å². The molecule has 0 saturated carbocycles. The molecule has 0 aliphatic rings. The molecule has 5 aromatic heterocycles. The average Bonchev–Trinajstić information content (AvgIpc) is 0.793. The number of ketones is 3. The number of carboxylic acids is 1. The summed E-state index contributed by atoms with van der Waals surface area (Å²) in [7, 11) is 0. The van der Waals surface area contributed by atoms with Crippen molar-refractivity contribution < 1.29 is 133 Å². The smallest absolute Gasteiger partial charge is 0.354 e. The maximum Gasteiger partial charge on any atom is 0.354 e. The number of aryl methyl sites for hydroxylation is 2. The van der Waals surface area contributed by atoms with Crippen LogP contribution in [0.5, 0.6) is 0 Å². The van der Waals surface area contributed by atoms with Gasteiger partial charge in [0.2, 0.25) is 0 Å². The standard InChI is InChI=1S/C23H14N.2C20H13FN.C19H11FN.C6H5NO2.3C5H8O2.4Ir/c1-2-7-18-13-19(11-9-16(18)5-1)23-14-22-20(15-24-23)12-10-17-6-3-4-8-21(17)22;2*1-13-10-15(8-9-19(13)21)20-11-18-16(12-22-20)7-6-14-4-2-3-5-17(14)18;20-16-9-7-14(8-10-16)19-11-18-15(12-21-19)6-5-13-3-1-2-4-17(13)18;8-6(9)5-3-1-2-4-7-5;3*1-4(6)3-5(2)7;;;;/h1-10,12-15H;2*2-7,9-12H,1H3;1-7,9-12H;1-4H,(H,8,9);3*3,6H,1-2H3;;;;/q4*-1;;;;;;;;/p+2. The quantitative estimate of drug-likeness (QED) is 0.0368. The summed E-state index contributed by atoms with van der Waals surface area (Å²) in [5, 5.41) is 54.8. The Morgan fingerprint density at radius 3 is 0.911 bits per heavy atom. The summed E-state index contributed by atoms with van der Waals surface area (Å²) in [5.41, 5.74) is 8.14. The fraction of sp³-hybridized carbons (Fsp3) is 0.0777. The van der Waals surface area contributed by atoms with Crippen LogP contribution in [0.2, 0.25) is 0 Å². The van der Waals surface area contributed by atoms with Crippen LogP contribution in [0, 0.1) is 55.6 Å². The van der Waals surface area contributed by atoms with Crippen molar-refractivity contribution in [3.63, 3.8) is 0 Å². The number of nitrogens with zero attached hydrogens (tertiary/aromatic N) is 5. The number of carboxylic acid groups (broad SMARTS) is 1. The van der Waals surface area contributed by atoms with Gasteiger partial charge in [0.1, 0.15) is 5.69 Å². The number of hydrogen-bond acceptors (Lipinski definition) is 10. The number of carbonyl (C=O) groups is 2. The van der Waals surface area contributed by atoms with Crippen LogP contribution in [0.25, 0.3) is 142 Å². The van der Waals surface area contributed by atoms with Gasteiger partial charge in [0.15, 0.2) is 5.78 Å². The van der Waals surface area contributed by atoms with Crippen molar-refractivity contribution in [1.82, 2.24) is 24.9 Å². The van der Waals surface area contributed by atoms with E-state index in [-0.39, 0.29) is 138 Å². The Bertz CT molecular complexity index is 6630. The number of aliphatic hydroxyl groups is 3. The van der Waals surface area contributed by atoms with Crippen molar-refractivity contribution in [3.8, 4) is 45.0 Å². The first-order valence-corrected chi connectivity index (χ1v) is 37.7. The summed E-state index contributed by atoms with van der Waals surface area (Å²) in [5.74, 6) is -1.32. The Balaban J connectivity index is 0.000000201. The van der Waals surface area contributed by atoms with Crippen LogP contribution < -0.4 is 0 Å². The number of benzene rings is 13. The summed E-state index contributed by atoms with van der Waals surface area (Å²) in [6.07, 6.45) is 12.7. The number of pyridine rings is 5. The Hall–Kier alpha value is -12.6. The number of aromatic nitrogens is 5. The van der Waals surface area contributed by atoms with Crippen molar-refractivity contribution in [2.24, 2.45) is 0 Å². The molecule has 0 unspecified atom stereocenters. The summed E-state index contributed by atoms with van der Waals surface area (Å²) in [6, 6.07) is 98.8. The number of rotatable bonds is 8. The van der Waals surface area contributed by atoms with Gasteiger partial charge in [-0.15, -0.1) is 107 Å². The van der Waals surface area contributed by atoms with Gasteiger partial charge in [-0.3, -0.25) is 27.6 Å².